The van der Waals surface area contributed by atoms with Crippen molar-refractivity contribution in [2.45, 2.75) is 72.6 Å². The summed E-state index contributed by atoms with van der Waals surface area (Å²) in [5.74, 6) is 0.196. The van der Waals surface area contributed by atoms with Gasteiger partial charge in [0.15, 0.2) is 0 Å². The number of aryl methyl sites for hydroxylation is 2. The molecule has 43 heavy (non-hydrogen) atoms. The van der Waals surface area contributed by atoms with Crippen molar-refractivity contribution in [3.8, 4) is 11.3 Å². The minimum absolute atomic E-state index is 0.196. The molecular weight excluding hydrogens is 550 g/mol. The first kappa shape index (κ1) is 31.8. The van der Waals surface area contributed by atoms with Gasteiger partial charge < -0.3 is 19.7 Å². The van der Waals surface area contributed by atoms with E-state index < -0.39 is 0 Å². The molecule has 4 heterocycles. The molecule has 3 aromatic rings. The molecule has 1 aromatic carbocycles. The Balaban J connectivity index is 1.32. The van der Waals surface area contributed by atoms with E-state index in [4.69, 9.17) is 0 Å². The molecule has 2 aliphatic heterocycles. The fraction of sp³-hybridized carbons (Fsp3) is 0.583. The van der Waals surface area contributed by atoms with Gasteiger partial charge in [0.05, 0.1) is 10.6 Å². The fourth-order valence-corrected chi connectivity index (χ4v) is 7.82. The summed E-state index contributed by atoms with van der Waals surface area (Å²) >= 11 is 1.64. The molecule has 5 rings (SSSR count). The largest absolute Gasteiger partial charge is 0.374 e. The van der Waals surface area contributed by atoms with Crippen molar-refractivity contribution in [1.82, 2.24) is 24.6 Å². The predicted octanol–water partition coefficient (Wildman–Crippen LogP) is 7.33. The lowest BCUT2D eigenvalue weighted by molar-refractivity contribution is 0.0756. The summed E-state index contributed by atoms with van der Waals surface area (Å²) in [7, 11) is 0. The summed E-state index contributed by atoms with van der Waals surface area (Å²) in [6, 6.07) is 9.01. The summed E-state index contributed by atoms with van der Waals surface area (Å²) in [5, 5.41) is 1.23. The second-order valence-electron chi connectivity index (χ2n) is 12.8. The van der Waals surface area contributed by atoms with Crippen LogP contribution in [-0.2, 0) is 6.42 Å². The van der Waals surface area contributed by atoms with E-state index in [0.29, 0.717) is 0 Å². The number of hydrogen-bond donors (Lipinski definition) is 1. The number of unbranched alkanes of at least 4 members (excludes halogenated alkanes) is 2. The number of fused-ring (bicyclic) bond motifs is 1. The molecule has 0 atom stereocenters. The molecule has 2 aromatic heterocycles. The third-order valence-corrected chi connectivity index (χ3v) is 10.3. The maximum absolute atomic E-state index is 13.7. The third-order valence-electron chi connectivity index (χ3n) is 9.27. The second kappa shape index (κ2) is 14.9. The van der Waals surface area contributed by atoms with Gasteiger partial charge in [-0.25, -0.2) is 0 Å². The number of hydrogen-bond acceptors (Lipinski definition) is 5. The Morgan fingerprint density at radius 2 is 1.53 bits per heavy atom. The molecule has 0 spiro atoms. The van der Waals surface area contributed by atoms with E-state index in [9.17, 15) is 4.79 Å². The monoisotopic (exact) mass is 603 g/mol. The smallest absolute Gasteiger partial charge is 0.264 e. The molecule has 234 valence electrons. The second-order valence-corrected chi connectivity index (χ2v) is 13.9. The van der Waals surface area contributed by atoms with Gasteiger partial charge in [-0.15, -0.1) is 11.3 Å². The number of amides is 1. The number of nitrogens with zero attached hydrogens (tertiary/aromatic N) is 4. The number of aromatic nitrogens is 1. The van der Waals surface area contributed by atoms with E-state index in [2.05, 4.69) is 83.1 Å². The third kappa shape index (κ3) is 7.92. The van der Waals surface area contributed by atoms with E-state index in [0.717, 1.165) is 94.2 Å². The zero-order valence-electron chi connectivity index (χ0n) is 27.1. The number of carbonyl (C=O) groups is 1. The number of H-pyrrole nitrogens is 1. The van der Waals surface area contributed by atoms with Gasteiger partial charge in [-0.3, -0.25) is 9.69 Å². The SMILES string of the molecule is C=C(CN1CCN(CCc2c(-c3cc(C)cc(C)c3)[nH]c3sc(C(=O)N(CCCC)CCCC)cc23)CC1)N1CCCC1. The first-order chi connectivity index (χ1) is 20.9. The highest BCUT2D eigenvalue weighted by molar-refractivity contribution is 7.20. The van der Waals surface area contributed by atoms with Gasteiger partial charge in [-0.1, -0.05) is 50.5 Å². The molecule has 0 unspecified atom stereocenters. The van der Waals surface area contributed by atoms with Crippen LogP contribution in [0.4, 0.5) is 0 Å². The highest BCUT2D eigenvalue weighted by atomic mass is 32.1. The molecule has 0 saturated carbocycles. The fourth-order valence-electron chi connectivity index (χ4n) is 6.76. The molecule has 7 heteroatoms. The van der Waals surface area contributed by atoms with E-state index >= 15 is 0 Å². The molecule has 2 aliphatic rings. The van der Waals surface area contributed by atoms with E-state index in [1.807, 2.05) is 0 Å². The first-order valence-corrected chi connectivity index (χ1v) is 17.6. The molecular formula is C36H53N5OS. The number of likely N-dealkylation sites (tertiary alicyclic amines) is 1. The molecule has 1 N–H and O–H groups in total. The van der Waals surface area contributed by atoms with Crippen molar-refractivity contribution in [2.24, 2.45) is 0 Å². The summed E-state index contributed by atoms with van der Waals surface area (Å²) in [5.41, 5.74) is 7.69. The highest BCUT2D eigenvalue weighted by Crippen LogP contribution is 2.37. The van der Waals surface area contributed by atoms with Crippen LogP contribution < -0.4 is 0 Å². The predicted molar refractivity (Wildman–Crippen MR) is 183 cm³/mol. The Bertz CT molecular complexity index is 1350. The van der Waals surface area contributed by atoms with Gasteiger partial charge in [-0.05, 0) is 75.3 Å². The van der Waals surface area contributed by atoms with Gasteiger partial charge in [0.2, 0.25) is 0 Å². The van der Waals surface area contributed by atoms with Crippen molar-refractivity contribution in [3.05, 3.63) is 58.1 Å². The standard InChI is InChI=1S/C36H53N5OS/c1-6-8-13-41(14-9-7-2)36(42)33-25-32-31(34(37-35(32)43-33)30-23-27(3)22-28(4)24-30)12-17-38-18-20-39(21-19-38)26-29(5)40-15-10-11-16-40/h22-25,37H,5-21,26H2,1-4H3. The Morgan fingerprint density at radius 1 is 0.907 bits per heavy atom. The van der Waals surface area contributed by atoms with Gasteiger partial charge in [0.25, 0.3) is 5.91 Å². The lowest BCUT2D eigenvalue weighted by Gasteiger charge is -2.36. The minimum Gasteiger partial charge on any atom is -0.374 e. The average Bonchev–Trinajstić information content (AvgIpc) is 3.74. The van der Waals surface area contributed by atoms with Gasteiger partial charge in [0, 0.05) is 76.5 Å². The van der Waals surface area contributed by atoms with Gasteiger partial charge >= 0.3 is 0 Å². The number of nitrogens with one attached hydrogen (secondary N) is 1. The molecule has 2 fully saturated rings. The maximum atomic E-state index is 13.7. The number of benzene rings is 1. The first-order valence-electron chi connectivity index (χ1n) is 16.8. The van der Waals surface area contributed by atoms with Crippen LogP contribution in [0.15, 0.2) is 36.5 Å². The van der Waals surface area contributed by atoms with Crippen LogP contribution in [0, 0.1) is 13.8 Å². The normalized spacial score (nSPS) is 16.4. The van der Waals surface area contributed by atoms with Crippen LogP contribution in [0.1, 0.15) is 78.7 Å². The number of carbonyl (C=O) groups excluding carboxylic acids is 1. The van der Waals surface area contributed by atoms with Crippen LogP contribution in [0.2, 0.25) is 0 Å². The van der Waals surface area contributed by atoms with Crippen molar-refractivity contribution in [3.63, 3.8) is 0 Å². The molecule has 0 aliphatic carbocycles. The minimum atomic E-state index is 0.196. The van der Waals surface area contributed by atoms with Crippen molar-refractivity contribution in [1.29, 1.82) is 0 Å². The van der Waals surface area contributed by atoms with Crippen LogP contribution in [0.25, 0.3) is 21.5 Å². The Morgan fingerprint density at radius 3 is 2.16 bits per heavy atom. The lowest BCUT2D eigenvalue weighted by Crippen LogP contribution is -2.48. The highest BCUT2D eigenvalue weighted by Gasteiger charge is 2.24. The van der Waals surface area contributed by atoms with E-state index in [1.54, 1.807) is 11.3 Å². The maximum Gasteiger partial charge on any atom is 0.264 e. The molecule has 1 amide bonds. The van der Waals surface area contributed by atoms with Crippen LogP contribution in [0.3, 0.4) is 0 Å². The summed E-state index contributed by atoms with van der Waals surface area (Å²) in [4.78, 5) is 29.2. The summed E-state index contributed by atoms with van der Waals surface area (Å²) in [6.07, 6.45) is 7.90. The van der Waals surface area contributed by atoms with E-state index in [-0.39, 0.29) is 5.91 Å². The number of aromatic amines is 1. The van der Waals surface area contributed by atoms with Gasteiger partial charge in [0.1, 0.15) is 4.83 Å². The Kier molecular flexibility index (Phi) is 11.0. The molecule has 0 bridgehead atoms. The quantitative estimate of drug-likeness (QED) is 0.210. The number of thiophene rings is 1. The summed E-state index contributed by atoms with van der Waals surface area (Å²) < 4.78 is 0. The summed E-state index contributed by atoms with van der Waals surface area (Å²) in [6.45, 7) is 23.6. The average molecular weight is 604 g/mol. The Labute approximate surface area is 263 Å². The Hall–Kier alpha value is -2.61. The number of piperazine rings is 1. The zero-order valence-corrected chi connectivity index (χ0v) is 28.0. The van der Waals surface area contributed by atoms with Crippen LogP contribution in [-0.4, -0.2) is 95.9 Å². The van der Waals surface area contributed by atoms with Crippen LogP contribution in [0.5, 0.6) is 0 Å². The lowest BCUT2D eigenvalue weighted by atomic mass is 9.99. The molecule has 2 saturated heterocycles. The number of rotatable bonds is 14. The molecule has 6 nitrogen and oxygen atoms in total. The van der Waals surface area contributed by atoms with Crippen LogP contribution >= 0.6 is 11.3 Å². The van der Waals surface area contributed by atoms with Crippen molar-refractivity contribution >= 4 is 27.5 Å². The zero-order chi connectivity index (χ0) is 30.3. The topological polar surface area (TPSA) is 45.8 Å². The molecule has 0 radical (unpaired) electrons. The van der Waals surface area contributed by atoms with Gasteiger partial charge in [-0.2, -0.15) is 0 Å². The van der Waals surface area contributed by atoms with E-state index in [1.165, 1.54) is 65.0 Å². The van der Waals surface area contributed by atoms with Crippen molar-refractivity contribution < 1.29 is 4.79 Å². The van der Waals surface area contributed by atoms with Crippen molar-refractivity contribution in [2.75, 3.05) is 65.4 Å².